The highest BCUT2D eigenvalue weighted by Crippen LogP contribution is 2.29. The fourth-order valence-corrected chi connectivity index (χ4v) is 3.79. The molecule has 1 aromatic carbocycles. The molecule has 0 fully saturated rings. The van der Waals surface area contributed by atoms with E-state index in [-0.39, 0.29) is 17.9 Å². The molecule has 0 spiro atoms. The van der Waals surface area contributed by atoms with Crippen molar-refractivity contribution in [2.24, 2.45) is 11.8 Å². The summed E-state index contributed by atoms with van der Waals surface area (Å²) in [5.41, 5.74) is 0.896. The first-order valence-corrected chi connectivity index (χ1v) is 12.8. The minimum atomic E-state index is -0.292. The van der Waals surface area contributed by atoms with Crippen LogP contribution in [-0.2, 0) is 16.1 Å². The van der Waals surface area contributed by atoms with Crippen LogP contribution >= 0.6 is 0 Å². The van der Waals surface area contributed by atoms with E-state index in [1.165, 1.54) is 0 Å². The number of unbranched alkanes of at least 4 members (excludes halogenated alkanes) is 2. The van der Waals surface area contributed by atoms with Gasteiger partial charge < -0.3 is 14.8 Å². The molecule has 0 saturated heterocycles. The highest BCUT2D eigenvalue weighted by Gasteiger charge is 2.27. The van der Waals surface area contributed by atoms with Crippen molar-refractivity contribution in [3.05, 3.63) is 35.9 Å². The normalized spacial score (nSPS) is 12.5. The Labute approximate surface area is 207 Å². The summed E-state index contributed by atoms with van der Waals surface area (Å²) in [5, 5.41) is 2.96. The number of methoxy groups -OCH3 is 1. The zero-order valence-electron chi connectivity index (χ0n) is 22.4. The van der Waals surface area contributed by atoms with Gasteiger partial charge >= 0.3 is 5.97 Å². The molecule has 0 aromatic heterocycles. The second-order valence-corrected chi connectivity index (χ2v) is 9.47. The number of rotatable bonds is 16. The number of carbonyl (C=O) groups excluding carboxylic acids is 2. The number of benzene rings is 1. The Morgan fingerprint density at radius 1 is 1.06 bits per heavy atom. The van der Waals surface area contributed by atoms with E-state index < -0.39 is 0 Å². The van der Waals surface area contributed by atoms with E-state index >= 15 is 0 Å². The van der Waals surface area contributed by atoms with Gasteiger partial charge in [-0.05, 0) is 68.3 Å². The average Bonchev–Trinajstić information content (AvgIpc) is 2.80. The van der Waals surface area contributed by atoms with E-state index in [0.717, 1.165) is 44.3 Å². The highest BCUT2D eigenvalue weighted by molar-refractivity contribution is 5.79. The van der Waals surface area contributed by atoms with E-state index in [4.69, 9.17) is 9.47 Å². The number of likely N-dealkylation sites (N-methyl/N-ethyl adjacent to an activating group) is 1. The lowest BCUT2D eigenvalue weighted by molar-refractivity contribution is -0.141. The number of amides is 1. The third-order valence-electron chi connectivity index (χ3n) is 5.69. The standard InChI is InChI=1S/C28H46N2O4/c1-8-30(9-2)24(18-22(5)6)28(32)34-25-17-16-23(19-26(25)33-7)20-29-27(31)15-13-11-10-12-14-21(3)4/h12,14,16-17,19,21-22,24H,8-11,13,15,18,20H2,1-7H3,(H,29,31)/b14-12+/t24-/m1/s1. The zero-order valence-corrected chi connectivity index (χ0v) is 22.4. The van der Waals surface area contributed by atoms with Gasteiger partial charge in [-0.15, -0.1) is 0 Å². The topological polar surface area (TPSA) is 67.9 Å². The van der Waals surface area contributed by atoms with Crippen molar-refractivity contribution in [3.8, 4) is 11.5 Å². The van der Waals surface area contributed by atoms with E-state index in [9.17, 15) is 9.59 Å². The van der Waals surface area contributed by atoms with Crippen LogP contribution in [0.1, 0.15) is 79.2 Å². The molecule has 1 N–H and O–H groups in total. The molecule has 0 radical (unpaired) electrons. The molecule has 1 aromatic rings. The molecule has 6 heteroatoms. The average molecular weight is 475 g/mol. The summed E-state index contributed by atoms with van der Waals surface area (Å²) in [4.78, 5) is 27.3. The van der Waals surface area contributed by atoms with Crippen LogP contribution in [0.4, 0.5) is 0 Å². The van der Waals surface area contributed by atoms with Gasteiger partial charge in [0.15, 0.2) is 11.5 Å². The van der Waals surface area contributed by atoms with Crippen molar-refractivity contribution < 1.29 is 19.1 Å². The van der Waals surface area contributed by atoms with Crippen LogP contribution in [-0.4, -0.2) is 43.0 Å². The lowest BCUT2D eigenvalue weighted by Gasteiger charge is -2.29. The van der Waals surface area contributed by atoms with Gasteiger partial charge in [0.25, 0.3) is 0 Å². The van der Waals surface area contributed by atoms with Crippen molar-refractivity contribution in [2.45, 2.75) is 86.2 Å². The first kappa shape index (κ1) is 29.7. The number of carbonyl (C=O) groups is 2. The molecule has 6 nitrogen and oxygen atoms in total. The number of hydrogen-bond donors (Lipinski definition) is 1. The van der Waals surface area contributed by atoms with Crippen molar-refractivity contribution in [1.82, 2.24) is 10.2 Å². The predicted octanol–water partition coefficient (Wildman–Crippen LogP) is 5.75. The zero-order chi connectivity index (χ0) is 25.5. The largest absolute Gasteiger partial charge is 0.493 e. The van der Waals surface area contributed by atoms with Crippen LogP contribution in [0.3, 0.4) is 0 Å². The van der Waals surface area contributed by atoms with Crippen LogP contribution in [0.5, 0.6) is 11.5 Å². The lowest BCUT2D eigenvalue weighted by Crippen LogP contribution is -2.44. The molecular weight excluding hydrogens is 428 g/mol. The number of nitrogens with zero attached hydrogens (tertiary/aromatic N) is 1. The summed E-state index contributed by atoms with van der Waals surface area (Å²) in [6.07, 6.45) is 8.53. The van der Waals surface area contributed by atoms with Crippen LogP contribution in [0.25, 0.3) is 0 Å². The molecule has 0 aliphatic carbocycles. The van der Waals surface area contributed by atoms with E-state index in [1.54, 1.807) is 13.2 Å². The Morgan fingerprint density at radius 2 is 1.76 bits per heavy atom. The smallest absolute Gasteiger partial charge is 0.328 e. The Hall–Kier alpha value is -2.34. The minimum Gasteiger partial charge on any atom is -0.493 e. The summed E-state index contributed by atoms with van der Waals surface area (Å²) in [5.74, 6) is 1.61. The summed E-state index contributed by atoms with van der Waals surface area (Å²) in [6.45, 7) is 14.6. The lowest BCUT2D eigenvalue weighted by atomic mass is 10.0. The van der Waals surface area contributed by atoms with Crippen LogP contribution < -0.4 is 14.8 Å². The van der Waals surface area contributed by atoms with Gasteiger partial charge in [-0.25, -0.2) is 4.79 Å². The third kappa shape index (κ3) is 11.2. The summed E-state index contributed by atoms with van der Waals surface area (Å²) in [6, 6.07) is 5.12. The molecular formula is C28H46N2O4. The van der Waals surface area contributed by atoms with Gasteiger partial charge in [0.05, 0.1) is 7.11 Å². The molecule has 34 heavy (non-hydrogen) atoms. The van der Waals surface area contributed by atoms with E-state index in [0.29, 0.717) is 36.3 Å². The van der Waals surface area contributed by atoms with Crippen molar-refractivity contribution >= 4 is 11.9 Å². The SMILES string of the molecule is CCN(CC)[C@H](CC(C)C)C(=O)Oc1ccc(CNC(=O)CCCC/C=C/C(C)C)cc1OC. The van der Waals surface area contributed by atoms with Gasteiger partial charge in [0.2, 0.25) is 5.91 Å². The number of hydrogen-bond acceptors (Lipinski definition) is 5. The van der Waals surface area contributed by atoms with Crippen molar-refractivity contribution in [1.29, 1.82) is 0 Å². The van der Waals surface area contributed by atoms with Crippen molar-refractivity contribution in [2.75, 3.05) is 20.2 Å². The Balaban J connectivity index is 2.66. The van der Waals surface area contributed by atoms with Gasteiger partial charge in [-0.1, -0.05) is 59.8 Å². The molecule has 0 aliphatic heterocycles. The quantitative estimate of drug-likeness (QED) is 0.143. The Kier molecular flexibility index (Phi) is 14.2. The maximum absolute atomic E-state index is 13.0. The number of allylic oxidation sites excluding steroid dienone is 2. The minimum absolute atomic E-state index is 0.0399. The van der Waals surface area contributed by atoms with Gasteiger partial charge in [-0.2, -0.15) is 0 Å². The molecule has 0 bridgehead atoms. The molecule has 0 saturated carbocycles. The fourth-order valence-electron chi connectivity index (χ4n) is 3.79. The first-order chi connectivity index (χ1) is 16.2. The number of nitrogens with one attached hydrogen (secondary N) is 1. The summed E-state index contributed by atoms with van der Waals surface area (Å²) < 4.78 is 11.2. The van der Waals surface area contributed by atoms with Crippen LogP contribution in [0.15, 0.2) is 30.4 Å². The van der Waals surface area contributed by atoms with Crippen LogP contribution in [0.2, 0.25) is 0 Å². The Bertz CT molecular complexity index is 770. The number of ether oxygens (including phenoxy) is 2. The van der Waals surface area contributed by atoms with E-state index in [1.807, 2.05) is 12.1 Å². The van der Waals surface area contributed by atoms with E-state index in [2.05, 4.69) is 63.9 Å². The predicted molar refractivity (Wildman–Crippen MR) is 139 cm³/mol. The molecule has 0 heterocycles. The molecule has 1 amide bonds. The maximum atomic E-state index is 13.0. The second-order valence-electron chi connectivity index (χ2n) is 9.47. The molecule has 192 valence electrons. The molecule has 1 atom stereocenters. The van der Waals surface area contributed by atoms with Crippen LogP contribution in [0, 0.1) is 11.8 Å². The second kappa shape index (κ2) is 16.3. The van der Waals surface area contributed by atoms with Gasteiger partial charge in [0, 0.05) is 13.0 Å². The Morgan fingerprint density at radius 3 is 2.35 bits per heavy atom. The fraction of sp³-hybridized carbons (Fsp3) is 0.643. The highest BCUT2D eigenvalue weighted by atomic mass is 16.6. The maximum Gasteiger partial charge on any atom is 0.328 e. The first-order valence-electron chi connectivity index (χ1n) is 12.8. The van der Waals surface area contributed by atoms with Crippen molar-refractivity contribution in [3.63, 3.8) is 0 Å². The molecule has 1 rings (SSSR count). The monoisotopic (exact) mass is 474 g/mol. The third-order valence-corrected chi connectivity index (χ3v) is 5.69. The summed E-state index contributed by atoms with van der Waals surface area (Å²) >= 11 is 0. The number of esters is 1. The van der Waals surface area contributed by atoms with Gasteiger partial charge in [-0.3, -0.25) is 9.69 Å². The molecule has 0 aliphatic rings. The summed E-state index contributed by atoms with van der Waals surface area (Å²) in [7, 11) is 1.55. The molecule has 0 unspecified atom stereocenters. The van der Waals surface area contributed by atoms with Gasteiger partial charge in [0.1, 0.15) is 6.04 Å².